The molecule has 0 spiro atoms. The van der Waals surface area contributed by atoms with Crippen molar-refractivity contribution < 1.29 is 9.53 Å². The Bertz CT molecular complexity index is 514. The monoisotopic (exact) mass is 322 g/mol. The van der Waals surface area contributed by atoms with E-state index in [1.807, 2.05) is 25.7 Å². The molecule has 0 radical (unpaired) electrons. The normalized spacial score (nSPS) is 18.9. The van der Waals surface area contributed by atoms with Crippen LogP contribution >= 0.6 is 11.8 Å². The molecule has 122 valence electrons. The van der Waals surface area contributed by atoms with Gasteiger partial charge in [0.05, 0.1) is 0 Å². The first-order valence-electron chi connectivity index (χ1n) is 7.76. The molecule has 1 atom stereocenters. The van der Waals surface area contributed by atoms with Crippen LogP contribution in [0.2, 0.25) is 0 Å². The lowest BCUT2D eigenvalue weighted by molar-refractivity contribution is 0.0206. The van der Waals surface area contributed by atoms with Crippen molar-refractivity contribution in [2.24, 2.45) is 0 Å². The molecule has 1 aliphatic rings. The van der Waals surface area contributed by atoms with Crippen LogP contribution in [0.1, 0.15) is 33.6 Å². The summed E-state index contributed by atoms with van der Waals surface area (Å²) in [6.07, 6.45) is 3.93. The van der Waals surface area contributed by atoms with E-state index in [1.54, 1.807) is 11.8 Å². The maximum absolute atomic E-state index is 12.2. The Balaban J connectivity index is 1.94. The van der Waals surface area contributed by atoms with E-state index in [1.165, 1.54) is 4.90 Å². The van der Waals surface area contributed by atoms with Crippen LogP contribution in [0, 0.1) is 0 Å². The fourth-order valence-electron chi connectivity index (χ4n) is 2.54. The molecule has 5 heteroatoms. The average molecular weight is 322 g/mol. The molecule has 4 nitrogen and oxygen atoms in total. The molecule has 1 fully saturated rings. The van der Waals surface area contributed by atoms with Crippen molar-refractivity contribution in [2.45, 2.75) is 50.2 Å². The highest BCUT2D eigenvalue weighted by Gasteiger charge is 2.27. The Morgan fingerprint density at radius 3 is 2.86 bits per heavy atom. The lowest BCUT2D eigenvalue weighted by atomic mass is 10.1. The summed E-state index contributed by atoms with van der Waals surface area (Å²) in [7, 11) is 0. The molecule has 0 aromatic heterocycles. The number of benzene rings is 1. The first kappa shape index (κ1) is 17.0. The second-order valence-corrected chi connectivity index (χ2v) is 7.52. The molecule has 1 unspecified atom stereocenters. The van der Waals surface area contributed by atoms with Gasteiger partial charge in [-0.15, -0.1) is 11.8 Å². The van der Waals surface area contributed by atoms with Crippen molar-refractivity contribution in [2.75, 3.05) is 24.7 Å². The number of thioether (sulfide) groups is 1. The maximum Gasteiger partial charge on any atom is 0.410 e. The quantitative estimate of drug-likeness (QED) is 0.846. The summed E-state index contributed by atoms with van der Waals surface area (Å²) in [5, 5.41) is 3.54. The van der Waals surface area contributed by atoms with Gasteiger partial charge in [0.25, 0.3) is 0 Å². The molecule has 1 N–H and O–H groups in total. The summed E-state index contributed by atoms with van der Waals surface area (Å²) in [5.74, 6) is 0. The van der Waals surface area contributed by atoms with Crippen LogP contribution in [-0.4, -0.2) is 42.0 Å². The Morgan fingerprint density at radius 1 is 1.41 bits per heavy atom. The number of rotatable bonds is 3. The topological polar surface area (TPSA) is 41.6 Å². The van der Waals surface area contributed by atoms with Crippen LogP contribution in [0.5, 0.6) is 0 Å². The highest BCUT2D eigenvalue weighted by molar-refractivity contribution is 7.98. The van der Waals surface area contributed by atoms with E-state index in [0.29, 0.717) is 6.54 Å². The Kier molecular flexibility index (Phi) is 5.62. The smallest absolute Gasteiger partial charge is 0.410 e. The average Bonchev–Trinajstić information content (AvgIpc) is 2.46. The predicted molar refractivity (Wildman–Crippen MR) is 92.7 cm³/mol. The minimum Gasteiger partial charge on any atom is -0.444 e. The van der Waals surface area contributed by atoms with Gasteiger partial charge in [-0.05, 0) is 58.1 Å². The van der Waals surface area contributed by atoms with Crippen LogP contribution in [0.25, 0.3) is 0 Å². The van der Waals surface area contributed by atoms with Gasteiger partial charge < -0.3 is 15.0 Å². The van der Waals surface area contributed by atoms with E-state index >= 15 is 0 Å². The number of likely N-dealkylation sites (tertiary alicyclic amines) is 1. The van der Waals surface area contributed by atoms with Gasteiger partial charge in [0.2, 0.25) is 0 Å². The summed E-state index contributed by atoms with van der Waals surface area (Å²) < 4.78 is 5.47. The van der Waals surface area contributed by atoms with Gasteiger partial charge in [0.1, 0.15) is 5.60 Å². The molecule has 0 aliphatic carbocycles. The fraction of sp³-hybridized carbons (Fsp3) is 0.588. The van der Waals surface area contributed by atoms with Crippen molar-refractivity contribution in [1.29, 1.82) is 0 Å². The third-order valence-electron chi connectivity index (χ3n) is 3.51. The van der Waals surface area contributed by atoms with Crippen molar-refractivity contribution in [3.05, 3.63) is 24.3 Å². The highest BCUT2D eigenvalue weighted by atomic mass is 32.2. The fourth-order valence-corrected chi connectivity index (χ4v) is 3.00. The van der Waals surface area contributed by atoms with Gasteiger partial charge >= 0.3 is 6.09 Å². The number of ether oxygens (including phenoxy) is 1. The van der Waals surface area contributed by atoms with E-state index in [0.717, 1.165) is 25.1 Å². The van der Waals surface area contributed by atoms with Crippen molar-refractivity contribution >= 4 is 23.5 Å². The van der Waals surface area contributed by atoms with Crippen molar-refractivity contribution in [3.63, 3.8) is 0 Å². The lowest BCUT2D eigenvalue weighted by Gasteiger charge is -2.34. The Labute approximate surface area is 137 Å². The van der Waals surface area contributed by atoms with E-state index < -0.39 is 5.60 Å². The molecule has 2 rings (SSSR count). The van der Waals surface area contributed by atoms with E-state index in [2.05, 4.69) is 35.8 Å². The third-order valence-corrected chi connectivity index (χ3v) is 4.24. The van der Waals surface area contributed by atoms with Crippen molar-refractivity contribution in [1.82, 2.24) is 4.90 Å². The van der Waals surface area contributed by atoms with Crippen LogP contribution < -0.4 is 5.32 Å². The van der Waals surface area contributed by atoms with Crippen LogP contribution in [0.15, 0.2) is 29.2 Å². The largest absolute Gasteiger partial charge is 0.444 e. The van der Waals surface area contributed by atoms with Crippen LogP contribution in [0.3, 0.4) is 0 Å². The van der Waals surface area contributed by atoms with Gasteiger partial charge in [0.15, 0.2) is 0 Å². The lowest BCUT2D eigenvalue weighted by Crippen LogP contribution is -2.46. The number of nitrogens with zero attached hydrogens (tertiary/aromatic N) is 1. The second-order valence-electron chi connectivity index (χ2n) is 6.64. The third kappa shape index (κ3) is 5.13. The molecule has 1 aliphatic heterocycles. The van der Waals surface area contributed by atoms with Gasteiger partial charge in [0, 0.05) is 29.7 Å². The number of carbonyl (C=O) groups excluding carboxylic acids is 1. The Morgan fingerprint density at radius 2 is 2.18 bits per heavy atom. The van der Waals surface area contributed by atoms with E-state index in [9.17, 15) is 4.79 Å². The first-order valence-corrected chi connectivity index (χ1v) is 8.98. The standard InChI is InChI=1S/C17H26N2O2S/c1-17(2,3)21-16(20)19-10-6-8-14(12-19)18-13-7-5-9-15(11-13)22-4/h5,7,9,11,14,18H,6,8,10,12H2,1-4H3. The molecule has 1 aromatic rings. The molecular weight excluding hydrogens is 296 g/mol. The van der Waals surface area contributed by atoms with Gasteiger partial charge in [-0.25, -0.2) is 4.79 Å². The zero-order chi connectivity index (χ0) is 16.2. The number of nitrogens with one attached hydrogen (secondary N) is 1. The summed E-state index contributed by atoms with van der Waals surface area (Å²) in [6.45, 7) is 7.17. The predicted octanol–water partition coefficient (Wildman–Crippen LogP) is 4.22. The molecule has 22 heavy (non-hydrogen) atoms. The molecule has 1 aromatic carbocycles. The summed E-state index contributed by atoms with van der Waals surface area (Å²) in [6, 6.07) is 8.66. The number of amides is 1. The molecular formula is C17H26N2O2S. The van der Waals surface area contributed by atoms with Crippen LogP contribution in [-0.2, 0) is 4.74 Å². The summed E-state index contributed by atoms with van der Waals surface area (Å²) in [5.41, 5.74) is 0.673. The van der Waals surface area contributed by atoms with Gasteiger partial charge in [-0.3, -0.25) is 0 Å². The van der Waals surface area contributed by atoms with Gasteiger partial charge in [-0.2, -0.15) is 0 Å². The second kappa shape index (κ2) is 7.27. The number of hydrogen-bond acceptors (Lipinski definition) is 4. The van der Waals surface area contributed by atoms with Crippen molar-refractivity contribution in [3.8, 4) is 0 Å². The molecule has 1 amide bonds. The number of piperidine rings is 1. The zero-order valence-corrected chi connectivity index (χ0v) is 14.7. The molecule has 0 saturated carbocycles. The minimum atomic E-state index is -0.440. The number of anilines is 1. The number of hydrogen-bond donors (Lipinski definition) is 1. The zero-order valence-electron chi connectivity index (χ0n) is 13.9. The maximum atomic E-state index is 12.2. The summed E-state index contributed by atoms with van der Waals surface area (Å²) >= 11 is 1.73. The van der Waals surface area contributed by atoms with Crippen LogP contribution in [0.4, 0.5) is 10.5 Å². The van der Waals surface area contributed by atoms with E-state index in [-0.39, 0.29) is 12.1 Å². The Hall–Kier alpha value is -1.36. The molecule has 1 saturated heterocycles. The molecule has 1 heterocycles. The summed E-state index contributed by atoms with van der Waals surface area (Å²) in [4.78, 5) is 15.2. The SMILES string of the molecule is CSc1cccc(NC2CCCN(C(=O)OC(C)(C)C)C2)c1. The molecule has 0 bridgehead atoms. The van der Waals surface area contributed by atoms with E-state index in [4.69, 9.17) is 4.74 Å². The van der Waals surface area contributed by atoms with Gasteiger partial charge in [-0.1, -0.05) is 6.07 Å². The number of carbonyl (C=O) groups is 1. The first-order chi connectivity index (χ1) is 10.4. The minimum absolute atomic E-state index is 0.211. The highest BCUT2D eigenvalue weighted by Crippen LogP contribution is 2.22.